The van der Waals surface area contributed by atoms with Crippen molar-refractivity contribution < 1.29 is 5.11 Å². The molecule has 0 aliphatic heterocycles. The zero-order chi connectivity index (χ0) is 10.1. The highest BCUT2D eigenvalue weighted by Crippen LogP contribution is 2.21. The predicted octanol–water partition coefficient (Wildman–Crippen LogP) is 0.127. The Labute approximate surface area is 77.8 Å². The lowest BCUT2D eigenvalue weighted by molar-refractivity contribution is 0.209. The molecule has 0 bridgehead atoms. The summed E-state index contributed by atoms with van der Waals surface area (Å²) in [7, 11) is 3.66. The van der Waals surface area contributed by atoms with Crippen LogP contribution in [0, 0.1) is 0 Å². The fourth-order valence-electron chi connectivity index (χ4n) is 1.21. The van der Waals surface area contributed by atoms with Gasteiger partial charge in [-0.2, -0.15) is 0 Å². The zero-order valence-corrected chi connectivity index (χ0v) is 8.50. The van der Waals surface area contributed by atoms with Crippen LogP contribution in [0.3, 0.4) is 0 Å². The van der Waals surface area contributed by atoms with Gasteiger partial charge in [-0.05, 0) is 0 Å². The fourth-order valence-corrected chi connectivity index (χ4v) is 1.21. The molecule has 74 valence electrons. The van der Waals surface area contributed by atoms with E-state index in [1.165, 1.54) is 0 Å². The first-order valence-corrected chi connectivity index (χ1v) is 4.21. The maximum Gasteiger partial charge on any atom is 0.224 e. The molecule has 0 spiro atoms. The third-order valence-corrected chi connectivity index (χ3v) is 2.10. The summed E-state index contributed by atoms with van der Waals surface area (Å²) in [5.74, 6) is 1.48. The normalized spacial score (nSPS) is 11.8. The molecule has 0 atom stereocenters. The number of rotatable bonds is 3. The molecule has 0 aromatic carbocycles. The van der Waals surface area contributed by atoms with Crippen molar-refractivity contribution >= 4 is 5.95 Å². The van der Waals surface area contributed by atoms with E-state index in [1.54, 1.807) is 7.05 Å². The third-order valence-electron chi connectivity index (χ3n) is 2.10. The van der Waals surface area contributed by atoms with E-state index in [0.717, 1.165) is 5.82 Å². The molecule has 1 aromatic heterocycles. The van der Waals surface area contributed by atoms with Crippen LogP contribution in [-0.2, 0) is 12.5 Å². The van der Waals surface area contributed by atoms with Crippen LogP contribution in [0.15, 0.2) is 0 Å². The predicted molar refractivity (Wildman–Crippen MR) is 50.7 cm³/mol. The van der Waals surface area contributed by atoms with Gasteiger partial charge < -0.3 is 15.0 Å². The lowest BCUT2D eigenvalue weighted by Crippen LogP contribution is -2.26. The molecular formula is C8H16N4O. The fraction of sp³-hybridized carbons (Fsp3) is 0.750. The second-order valence-electron chi connectivity index (χ2n) is 3.70. The standard InChI is InChI=1S/C8H16N4O/c1-8(2,5-13)6-10-11-7(9-3)12(6)4/h13H,5H2,1-4H3,(H,9,11). The number of nitrogens with one attached hydrogen (secondary N) is 1. The summed E-state index contributed by atoms with van der Waals surface area (Å²) in [6, 6.07) is 0. The molecule has 1 heterocycles. The average Bonchev–Trinajstić information content (AvgIpc) is 2.47. The van der Waals surface area contributed by atoms with Gasteiger partial charge in [-0.3, -0.25) is 0 Å². The Balaban J connectivity index is 3.09. The van der Waals surface area contributed by atoms with Gasteiger partial charge in [0, 0.05) is 19.5 Å². The largest absolute Gasteiger partial charge is 0.395 e. The molecule has 0 saturated carbocycles. The summed E-state index contributed by atoms with van der Waals surface area (Å²) >= 11 is 0. The molecule has 0 radical (unpaired) electrons. The van der Waals surface area contributed by atoms with E-state index in [4.69, 9.17) is 5.11 Å². The van der Waals surface area contributed by atoms with Crippen molar-refractivity contribution in [1.82, 2.24) is 14.8 Å². The minimum Gasteiger partial charge on any atom is -0.395 e. The maximum atomic E-state index is 9.15. The van der Waals surface area contributed by atoms with E-state index in [9.17, 15) is 0 Å². The molecule has 0 aliphatic rings. The monoisotopic (exact) mass is 184 g/mol. The highest BCUT2D eigenvalue weighted by molar-refractivity contribution is 5.26. The van der Waals surface area contributed by atoms with E-state index in [2.05, 4.69) is 15.5 Å². The number of aromatic nitrogens is 3. The minimum absolute atomic E-state index is 0.0582. The molecule has 1 aromatic rings. The third kappa shape index (κ3) is 1.65. The lowest BCUT2D eigenvalue weighted by Gasteiger charge is -2.20. The quantitative estimate of drug-likeness (QED) is 0.700. The SMILES string of the molecule is CNc1nnc(C(C)(C)CO)n1C. The van der Waals surface area contributed by atoms with E-state index < -0.39 is 0 Å². The smallest absolute Gasteiger partial charge is 0.224 e. The summed E-state index contributed by atoms with van der Waals surface area (Å²) in [6.45, 7) is 3.91. The summed E-state index contributed by atoms with van der Waals surface area (Å²) in [6.07, 6.45) is 0. The molecule has 0 saturated heterocycles. The van der Waals surface area contributed by atoms with Crippen LogP contribution in [-0.4, -0.2) is 33.5 Å². The molecule has 0 aliphatic carbocycles. The first-order chi connectivity index (χ1) is 6.03. The number of hydrogen-bond acceptors (Lipinski definition) is 4. The molecular weight excluding hydrogens is 168 g/mol. The van der Waals surface area contributed by atoms with E-state index in [1.807, 2.05) is 25.5 Å². The number of hydrogen-bond donors (Lipinski definition) is 2. The van der Waals surface area contributed by atoms with Crippen molar-refractivity contribution in [3.05, 3.63) is 5.82 Å². The molecule has 1 rings (SSSR count). The van der Waals surface area contributed by atoms with Crippen molar-refractivity contribution in [3.8, 4) is 0 Å². The zero-order valence-electron chi connectivity index (χ0n) is 8.50. The number of nitrogens with zero attached hydrogens (tertiary/aromatic N) is 3. The van der Waals surface area contributed by atoms with Gasteiger partial charge in [0.15, 0.2) is 0 Å². The second kappa shape index (κ2) is 3.33. The van der Waals surface area contributed by atoms with Gasteiger partial charge in [-0.1, -0.05) is 13.8 Å². The minimum atomic E-state index is -0.350. The molecule has 0 fully saturated rings. The van der Waals surface area contributed by atoms with Crippen LogP contribution in [0.25, 0.3) is 0 Å². The first-order valence-electron chi connectivity index (χ1n) is 4.21. The summed E-state index contributed by atoms with van der Waals surface area (Å²) in [5, 5.41) is 20.0. The van der Waals surface area contributed by atoms with Crippen molar-refractivity contribution in [2.45, 2.75) is 19.3 Å². The van der Waals surface area contributed by atoms with Gasteiger partial charge in [0.2, 0.25) is 5.95 Å². The molecule has 13 heavy (non-hydrogen) atoms. The van der Waals surface area contributed by atoms with Crippen molar-refractivity contribution in [2.75, 3.05) is 19.0 Å². The Morgan fingerprint density at radius 3 is 2.46 bits per heavy atom. The highest BCUT2D eigenvalue weighted by atomic mass is 16.3. The van der Waals surface area contributed by atoms with Gasteiger partial charge in [0.1, 0.15) is 5.82 Å². The van der Waals surface area contributed by atoms with Gasteiger partial charge in [-0.15, -0.1) is 10.2 Å². The van der Waals surface area contributed by atoms with Crippen LogP contribution >= 0.6 is 0 Å². The average molecular weight is 184 g/mol. The Bertz CT molecular complexity index is 292. The Hall–Kier alpha value is -1.10. The lowest BCUT2D eigenvalue weighted by atomic mass is 9.94. The van der Waals surface area contributed by atoms with Crippen molar-refractivity contribution in [3.63, 3.8) is 0 Å². The molecule has 5 nitrogen and oxygen atoms in total. The molecule has 0 amide bonds. The van der Waals surface area contributed by atoms with E-state index >= 15 is 0 Å². The van der Waals surface area contributed by atoms with E-state index in [-0.39, 0.29) is 12.0 Å². The number of aliphatic hydroxyl groups is 1. The van der Waals surface area contributed by atoms with Crippen LogP contribution in [0.2, 0.25) is 0 Å². The van der Waals surface area contributed by atoms with E-state index in [0.29, 0.717) is 5.95 Å². The first kappa shape index (κ1) is 9.98. The van der Waals surface area contributed by atoms with Crippen LogP contribution in [0.5, 0.6) is 0 Å². The highest BCUT2D eigenvalue weighted by Gasteiger charge is 2.26. The Kier molecular flexibility index (Phi) is 2.56. The summed E-state index contributed by atoms with van der Waals surface area (Å²) in [4.78, 5) is 0. The Morgan fingerprint density at radius 1 is 1.46 bits per heavy atom. The van der Waals surface area contributed by atoms with Gasteiger partial charge in [0.25, 0.3) is 0 Å². The van der Waals surface area contributed by atoms with Gasteiger partial charge in [-0.25, -0.2) is 0 Å². The Morgan fingerprint density at radius 2 is 2.08 bits per heavy atom. The molecule has 2 N–H and O–H groups in total. The second-order valence-corrected chi connectivity index (χ2v) is 3.70. The molecule has 0 unspecified atom stereocenters. The van der Waals surface area contributed by atoms with Gasteiger partial charge >= 0.3 is 0 Å². The van der Waals surface area contributed by atoms with Gasteiger partial charge in [0.05, 0.1) is 6.61 Å². The number of aliphatic hydroxyl groups excluding tert-OH is 1. The van der Waals surface area contributed by atoms with Crippen LogP contribution in [0.4, 0.5) is 5.95 Å². The maximum absolute atomic E-state index is 9.15. The van der Waals surface area contributed by atoms with Crippen LogP contribution in [0.1, 0.15) is 19.7 Å². The molecule has 5 heteroatoms. The summed E-state index contributed by atoms with van der Waals surface area (Å²) in [5.41, 5.74) is -0.350. The summed E-state index contributed by atoms with van der Waals surface area (Å²) < 4.78 is 1.84. The number of anilines is 1. The van der Waals surface area contributed by atoms with Crippen molar-refractivity contribution in [1.29, 1.82) is 0 Å². The van der Waals surface area contributed by atoms with Crippen molar-refractivity contribution in [2.24, 2.45) is 7.05 Å². The topological polar surface area (TPSA) is 63.0 Å². The van der Waals surface area contributed by atoms with Crippen LogP contribution < -0.4 is 5.32 Å².